The van der Waals surface area contributed by atoms with E-state index in [0.717, 1.165) is 30.4 Å². The average Bonchev–Trinajstić information content (AvgIpc) is 3.10. The van der Waals surface area contributed by atoms with Crippen molar-refractivity contribution in [2.24, 2.45) is 11.8 Å². The van der Waals surface area contributed by atoms with Gasteiger partial charge in [-0.25, -0.2) is 4.98 Å². The fourth-order valence-electron chi connectivity index (χ4n) is 4.24. The number of anilines is 1. The molecular weight excluding hydrogens is 326 g/mol. The van der Waals surface area contributed by atoms with Crippen molar-refractivity contribution in [3.63, 3.8) is 0 Å². The first-order chi connectivity index (χ1) is 12.7. The molecule has 1 unspecified atom stereocenters. The summed E-state index contributed by atoms with van der Waals surface area (Å²) in [7, 11) is 0. The van der Waals surface area contributed by atoms with Gasteiger partial charge in [0, 0.05) is 25.8 Å². The summed E-state index contributed by atoms with van der Waals surface area (Å²) in [5.74, 6) is 3.80. The molecule has 2 aliphatic rings. The second-order valence-corrected chi connectivity index (χ2v) is 7.96. The molecule has 2 aliphatic heterocycles. The molecular formula is C20H29N5O. The molecule has 4 heterocycles. The van der Waals surface area contributed by atoms with Crippen molar-refractivity contribution in [3.8, 4) is 11.5 Å². The van der Waals surface area contributed by atoms with E-state index in [1.54, 1.807) is 0 Å². The van der Waals surface area contributed by atoms with E-state index in [-0.39, 0.29) is 0 Å². The Morgan fingerprint density at radius 1 is 1.19 bits per heavy atom. The highest BCUT2D eigenvalue weighted by Crippen LogP contribution is 2.31. The molecule has 0 amide bonds. The second kappa shape index (κ2) is 7.74. The summed E-state index contributed by atoms with van der Waals surface area (Å²) in [6.07, 6.45) is 7.07. The van der Waals surface area contributed by atoms with Gasteiger partial charge < -0.3 is 14.3 Å². The molecule has 2 saturated heterocycles. The molecule has 0 radical (unpaired) electrons. The van der Waals surface area contributed by atoms with Gasteiger partial charge in [0.1, 0.15) is 5.82 Å². The van der Waals surface area contributed by atoms with Gasteiger partial charge in [-0.1, -0.05) is 12.1 Å². The van der Waals surface area contributed by atoms with E-state index >= 15 is 0 Å². The molecule has 0 bridgehead atoms. The predicted octanol–water partition coefficient (Wildman–Crippen LogP) is 3.39. The molecule has 140 valence electrons. The van der Waals surface area contributed by atoms with Crippen LogP contribution in [-0.4, -0.2) is 52.7 Å². The van der Waals surface area contributed by atoms with Crippen LogP contribution in [-0.2, 0) is 0 Å². The molecule has 2 fully saturated rings. The molecule has 0 saturated carbocycles. The van der Waals surface area contributed by atoms with Gasteiger partial charge in [-0.05, 0) is 69.7 Å². The molecule has 0 aromatic carbocycles. The summed E-state index contributed by atoms with van der Waals surface area (Å²) >= 11 is 0. The second-order valence-electron chi connectivity index (χ2n) is 7.96. The molecule has 6 nitrogen and oxygen atoms in total. The molecule has 0 N–H and O–H groups in total. The summed E-state index contributed by atoms with van der Waals surface area (Å²) in [5, 5.41) is 3.94. The van der Waals surface area contributed by atoms with E-state index in [0.29, 0.717) is 17.6 Å². The number of pyridine rings is 1. The predicted molar refractivity (Wildman–Crippen MR) is 102 cm³/mol. The number of nitrogens with zero attached hydrogens (tertiary/aromatic N) is 5. The minimum absolute atomic E-state index is 0.567. The van der Waals surface area contributed by atoms with Crippen LogP contribution in [0.4, 0.5) is 5.82 Å². The van der Waals surface area contributed by atoms with Crippen molar-refractivity contribution in [1.29, 1.82) is 0 Å². The number of aromatic nitrogens is 3. The van der Waals surface area contributed by atoms with E-state index in [4.69, 9.17) is 4.52 Å². The smallest absolute Gasteiger partial charge is 0.261 e. The number of hydrogen-bond donors (Lipinski definition) is 0. The van der Waals surface area contributed by atoms with Gasteiger partial charge in [0.25, 0.3) is 5.89 Å². The Bertz CT molecular complexity index is 722. The Labute approximate surface area is 155 Å². The SMILES string of the molecule is Cc1noc(-c2cccnc2N2CCCC(CN3CCC(C)CC3)C2)n1. The number of likely N-dealkylation sites (tertiary alicyclic amines) is 1. The highest BCUT2D eigenvalue weighted by atomic mass is 16.5. The lowest BCUT2D eigenvalue weighted by atomic mass is 9.94. The Balaban J connectivity index is 1.46. The van der Waals surface area contributed by atoms with E-state index < -0.39 is 0 Å². The van der Waals surface area contributed by atoms with E-state index in [9.17, 15) is 0 Å². The number of rotatable bonds is 4. The monoisotopic (exact) mass is 355 g/mol. The van der Waals surface area contributed by atoms with Gasteiger partial charge in [-0.2, -0.15) is 4.98 Å². The minimum Gasteiger partial charge on any atom is -0.356 e. The van der Waals surface area contributed by atoms with Gasteiger partial charge in [0.05, 0.1) is 5.56 Å². The Kier molecular flexibility index (Phi) is 5.20. The molecule has 2 aromatic rings. The standard InChI is InChI=1S/C20H29N5O/c1-15-7-11-24(12-8-15)13-17-5-4-10-25(14-17)19-18(6-3-9-21-19)20-22-16(2)23-26-20/h3,6,9,15,17H,4-5,7-8,10-14H2,1-2H3. The summed E-state index contributed by atoms with van der Waals surface area (Å²) in [5.41, 5.74) is 0.945. The van der Waals surface area contributed by atoms with Crippen LogP contribution in [0.5, 0.6) is 0 Å². The zero-order valence-corrected chi connectivity index (χ0v) is 15.9. The Morgan fingerprint density at radius 3 is 2.81 bits per heavy atom. The lowest BCUT2D eigenvalue weighted by molar-refractivity contribution is 0.159. The van der Waals surface area contributed by atoms with E-state index in [1.165, 1.54) is 45.3 Å². The highest BCUT2D eigenvalue weighted by Gasteiger charge is 2.27. The van der Waals surface area contributed by atoms with Crippen LogP contribution in [0.2, 0.25) is 0 Å². The van der Waals surface area contributed by atoms with Crippen LogP contribution in [0.25, 0.3) is 11.5 Å². The van der Waals surface area contributed by atoms with Crippen LogP contribution in [0.15, 0.2) is 22.9 Å². The van der Waals surface area contributed by atoms with Gasteiger partial charge in [0.2, 0.25) is 0 Å². The topological polar surface area (TPSA) is 58.3 Å². The maximum atomic E-state index is 5.40. The average molecular weight is 355 g/mol. The number of hydrogen-bond acceptors (Lipinski definition) is 6. The summed E-state index contributed by atoms with van der Waals surface area (Å²) in [6.45, 7) is 10.1. The fourth-order valence-corrected chi connectivity index (χ4v) is 4.24. The Hall–Kier alpha value is -1.95. The first-order valence-electron chi connectivity index (χ1n) is 9.92. The quantitative estimate of drug-likeness (QED) is 0.838. The van der Waals surface area contributed by atoms with E-state index in [1.807, 2.05) is 25.3 Å². The third-order valence-electron chi connectivity index (χ3n) is 5.76. The molecule has 1 atom stereocenters. The maximum Gasteiger partial charge on any atom is 0.261 e. The van der Waals surface area contributed by atoms with Crippen molar-refractivity contribution in [1.82, 2.24) is 20.0 Å². The maximum absolute atomic E-state index is 5.40. The molecule has 4 rings (SSSR count). The molecule has 26 heavy (non-hydrogen) atoms. The first kappa shape index (κ1) is 17.5. The fraction of sp³-hybridized carbons (Fsp3) is 0.650. The molecule has 6 heteroatoms. The van der Waals surface area contributed by atoms with Crippen molar-refractivity contribution in [2.75, 3.05) is 37.6 Å². The third-order valence-corrected chi connectivity index (χ3v) is 5.76. The summed E-state index contributed by atoms with van der Waals surface area (Å²) in [4.78, 5) is 14.1. The van der Waals surface area contributed by atoms with Gasteiger partial charge >= 0.3 is 0 Å². The van der Waals surface area contributed by atoms with E-state index in [2.05, 4.69) is 31.8 Å². The lowest BCUT2D eigenvalue weighted by Gasteiger charge is -2.38. The number of piperidine rings is 2. The van der Waals surface area contributed by atoms with Crippen molar-refractivity contribution in [2.45, 2.75) is 39.5 Å². The van der Waals surface area contributed by atoms with Gasteiger partial charge in [0.15, 0.2) is 5.82 Å². The lowest BCUT2D eigenvalue weighted by Crippen LogP contribution is -2.43. The zero-order chi connectivity index (χ0) is 17.9. The first-order valence-corrected chi connectivity index (χ1v) is 9.92. The summed E-state index contributed by atoms with van der Waals surface area (Å²) in [6, 6.07) is 3.97. The van der Waals surface area contributed by atoms with Crippen LogP contribution >= 0.6 is 0 Å². The molecule has 0 spiro atoms. The largest absolute Gasteiger partial charge is 0.356 e. The third kappa shape index (κ3) is 3.90. The van der Waals surface area contributed by atoms with Crippen LogP contribution in [0, 0.1) is 18.8 Å². The van der Waals surface area contributed by atoms with Crippen molar-refractivity contribution in [3.05, 3.63) is 24.2 Å². The van der Waals surface area contributed by atoms with Crippen LogP contribution in [0.1, 0.15) is 38.4 Å². The summed E-state index contributed by atoms with van der Waals surface area (Å²) < 4.78 is 5.40. The van der Waals surface area contributed by atoms with Crippen LogP contribution < -0.4 is 4.90 Å². The van der Waals surface area contributed by atoms with Gasteiger partial charge in [-0.3, -0.25) is 0 Å². The zero-order valence-electron chi connectivity index (χ0n) is 15.9. The normalized spacial score (nSPS) is 22.7. The Morgan fingerprint density at radius 2 is 2.04 bits per heavy atom. The molecule has 2 aromatic heterocycles. The van der Waals surface area contributed by atoms with Crippen LogP contribution in [0.3, 0.4) is 0 Å². The number of aryl methyl sites for hydroxylation is 1. The van der Waals surface area contributed by atoms with Crippen molar-refractivity contribution >= 4 is 5.82 Å². The van der Waals surface area contributed by atoms with Gasteiger partial charge in [-0.15, -0.1) is 0 Å². The van der Waals surface area contributed by atoms with Crippen molar-refractivity contribution < 1.29 is 4.52 Å². The minimum atomic E-state index is 0.567. The highest BCUT2D eigenvalue weighted by molar-refractivity contribution is 5.69. The molecule has 0 aliphatic carbocycles.